The topological polar surface area (TPSA) is 75.4 Å². The smallest absolute Gasteiger partial charge is 0.252 e. The first-order valence-electron chi connectivity index (χ1n) is 9.22. The fourth-order valence-corrected chi connectivity index (χ4v) is 3.42. The molecule has 2 amide bonds. The number of rotatable bonds is 6. The lowest BCUT2D eigenvalue weighted by Crippen LogP contribution is -2.30. The molecule has 0 bridgehead atoms. The van der Waals surface area contributed by atoms with Gasteiger partial charge in [0.25, 0.3) is 5.91 Å². The zero-order chi connectivity index (χ0) is 18.6. The summed E-state index contributed by atoms with van der Waals surface area (Å²) in [5.41, 5.74) is 1.95. The van der Waals surface area contributed by atoms with Crippen LogP contribution in [-0.2, 0) is 4.79 Å². The first-order chi connectivity index (χ1) is 13.2. The van der Waals surface area contributed by atoms with Crippen molar-refractivity contribution in [3.8, 4) is 11.5 Å². The minimum atomic E-state index is -0.144. The highest BCUT2D eigenvalue weighted by molar-refractivity contribution is 6.07. The van der Waals surface area contributed by atoms with Gasteiger partial charge in [0.2, 0.25) is 5.91 Å². The number of hydrogen-bond donors (Lipinski definition) is 1. The number of carbonyl (C=O) groups is 2. The maximum absolute atomic E-state index is 12.8. The quantitative estimate of drug-likeness (QED) is 0.682. The van der Waals surface area contributed by atoms with Crippen molar-refractivity contribution in [2.24, 2.45) is 0 Å². The minimum Gasteiger partial charge on any atom is -0.463 e. The lowest BCUT2D eigenvalue weighted by molar-refractivity contribution is -0.127. The van der Waals surface area contributed by atoms with Crippen LogP contribution in [0.25, 0.3) is 22.4 Å². The Labute approximate surface area is 157 Å². The molecule has 1 fully saturated rings. The summed E-state index contributed by atoms with van der Waals surface area (Å²) < 4.78 is 5.44. The van der Waals surface area contributed by atoms with E-state index in [1.54, 1.807) is 18.4 Å². The Morgan fingerprint density at radius 3 is 2.89 bits per heavy atom. The van der Waals surface area contributed by atoms with Gasteiger partial charge in [-0.3, -0.25) is 9.59 Å². The van der Waals surface area contributed by atoms with Crippen molar-refractivity contribution in [3.05, 3.63) is 54.3 Å². The number of para-hydroxylation sites is 1. The number of hydrogen-bond acceptors (Lipinski definition) is 4. The van der Waals surface area contributed by atoms with Crippen LogP contribution < -0.4 is 5.32 Å². The zero-order valence-corrected chi connectivity index (χ0v) is 15.0. The van der Waals surface area contributed by atoms with Crippen molar-refractivity contribution < 1.29 is 14.0 Å². The molecule has 138 valence electrons. The van der Waals surface area contributed by atoms with Crippen LogP contribution in [0.2, 0.25) is 0 Å². The van der Waals surface area contributed by atoms with E-state index in [2.05, 4.69) is 10.3 Å². The van der Waals surface area contributed by atoms with Crippen LogP contribution in [-0.4, -0.2) is 41.3 Å². The molecule has 27 heavy (non-hydrogen) atoms. The van der Waals surface area contributed by atoms with Crippen LogP contribution in [0.3, 0.4) is 0 Å². The van der Waals surface area contributed by atoms with Gasteiger partial charge in [-0.05, 0) is 37.1 Å². The van der Waals surface area contributed by atoms with Gasteiger partial charge in [-0.1, -0.05) is 18.2 Å². The highest BCUT2D eigenvalue weighted by Gasteiger charge is 2.19. The lowest BCUT2D eigenvalue weighted by atomic mass is 10.1. The van der Waals surface area contributed by atoms with E-state index in [1.165, 1.54) is 0 Å². The Morgan fingerprint density at radius 2 is 2.11 bits per heavy atom. The molecule has 0 atom stereocenters. The second-order valence-electron chi connectivity index (χ2n) is 6.64. The van der Waals surface area contributed by atoms with Crippen molar-refractivity contribution in [2.45, 2.75) is 19.3 Å². The van der Waals surface area contributed by atoms with E-state index in [1.807, 2.05) is 35.2 Å². The summed E-state index contributed by atoms with van der Waals surface area (Å²) in [6.07, 6.45) is 3.91. The molecule has 1 aliphatic rings. The average Bonchev–Trinajstić information content (AvgIpc) is 3.36. The Hall–Kier alpha value is -3.15. The average molecular weight is 363 g/mol. The Kier molecular flexibility index (Phi) is 4.87. The zero-order valence-electron chi connectivity index (χ0n) is 15.0. The van der Waals surface area contributed by atoms with Crippen LogP contribution in [0.15, 0.2) is 53.1 Å². The summed E-state index contributed by atoms with van der Waals surface area (Å²) in [5, 5.41) is 3.77. The molecule has 3 aromatic rings. The molecule has 1 aromatic carbocycles. The summed E-state index contributed by atoms with van der Waals surface area (Å²) in [4.78, 5) is 30.9. The predicted molar refractivity (Wildman–Crippen MR) is 102 cm³/mol. The van der Waals surface area contributed by atoms with E-state index in [0.29, 0.717) is 36.5 Å². The Balaban J connectivity index is 1.49. The van der Waals surface area contributed by atoms with Gasteiger partial charge < -0.3 is 14.6 Å². The van der Waals surface area contributed by atoms with Gasteiger partial charge in [0.15, 0.2) is 5.76 Å². The molecule has 0 radical (unpaired) electrons. The fraction of sp³-hybridized carbons (Fsp3) is 0.286. The molecule has 1 aliphatic heterocycles. The fourth-order valence-electron chi connectivity index (χ4n) is 3.42. The van der Waals surface area contributed by atoms with Gasteiger partial charge >= 0.3 is 0 Å². The third-order valence-electron chi connectivity index (χ3n) is 4.80. The number of benzene rings is 1. The van der Waals surface area contributed by atoms with Gasteiger partial charge in [-0.2, -0.15) is 0 Å². The van der Waals surface area contributed by atoms with Gasteiger partial charge in [0.05, 0.1) is 17.3 Å². The summed E-state index contributed by atoms with van der Waals surface area (Å²) in [6.45, 7) is 2.04. The lowest BCUT2D eigenvalue weighted by Gasteiger charge is -2.15. The van der Waals surface area contributed by atoms with Crippen LogP contribution in [0.1, 0.15) is 29.6 Å². The van der Waals surface area contributed by atoms with Crippen LogP contribution in [0.5, 0.6) is 0 Å². The molecule has 0 aliphatic carbocycles. The standard InChI is InChI=1S/C21H21N3O3/c25-20-9-3-11-24(20)12-5-10-22-21(26)16-14-18(19-8-4-13-27-19)23-17-7-2-1-6-15(16)17/h1-2,4,6-8,13-14H,3,5,9-12H2,(H,22,26). The van der Waals surface area contributed by atoms with E-state index in [0.717, 1.165) is 30.3 Å². The van der Waals surface area contributed by atoms with Crippen LogP contribution in [0, 0.1) is 0 Å². The van der Waals surface area contributed by atoms with E-state index in [9.17, 15) is 9.59 Å². The molecule has 3 heterocycles. The van der Waals surface area contributed by atoms with Crippen molar-refractivity contribution in [2.75, 3.05) is 19.6 Å². The molecule has 6 nitrogen and oxygen atoms in total. The molecule has 6 heteroatoms. The number of nitrogens with one attached hydrogen (secondary N) is 1. The third kappa shape index (κ3) is 3.69. The number of fused-ring (bicyclic) bond motifs is 1. The Bertz CT molecular complexity index is 966. The number of amides is 2. The largest absolute Gasteiger partial charge is 0.463 e. The van der Waals surface area contributed by atoms with Crippen molar-refractivity contribution >= 4 is 22.7 Å². The molecule has 0 spiro atoms. The second kappa shape index (κ2) is 7.61. The van der Waals surface area contributed by atoms with Gasteiger partial charge in [-0.25, -0.2) is 4.98 Å². The predicted octanol–water partition coefficient (Wildman–Crippen LogP) is 3.24. The van der Waals surface area contributed by atoms with E-state index in [4.69, 9.17) is 4.42 Å². The number of likely N-dealkylation sites (tertiary alicyclic amines) is 1. The first-order valence-corrected chi connectivity index (χ1v) is 9.22. The number of nitrogens with zero attached hydrogens (tertiary/aromatic N) is 2. The van der Waals surface area contributed by atoms with E-state index >= 15 is 0 Å². The van der Waals surface area contributed by atoms with E-state index < -0.39 is 0 Å². The number of pyridine rings is 1. The summed E-state index contributed by atoms with van der Waals surface area (Å²) >= 11 is 0. The van der Waals surface area contributed by atoms with Crippen LogP contribution in [0.4, 0.5) is 0 Å². The summed E-state index contributed by atoms with van der Waals surface area (Å²) in [7, 11) is 0. The first kappa shape index (κ1) is 17.3. The van der Waals surface area contributed by atoms with Crippen molar-refractivity contribution in [1.82, 2.24) is 15.2 Å². The molecule has 4 rings (SSSR count). The van der Waals surface area contributed by atoms with Gasteiger partial charge in [-0.15, -0.1) is 0 Å². The third-order valence-corrected chi connectivity index (χ3v) is 4.80. The SMILES string of the molecule is O=C(NCCCN1CCCC1=O)c1cc(-c2ccco2)nc2ccccc12. The number of furan rings is 1. The Morgan fingerprint density at radius 1 is 1.22 bits per heavy atom. The number of aromatic nitrogens is 1. The summed E-state index contributed by atoms with van der Waals surface area (Å²) in [6, 6.07) is 13.0. The maximum atomic E-state index is 12.8. The number of carbonyl (C=O) groups excluding carboxylic acids is 2. The molecule has 0 saturated carbocycles. The maximum Gasteiger partial charge on any atom is 0.252 e. The normalized spacial score (nSPS) is 14.1. The second-order valence-corrected chi connectivity index (χ2v) is 6.64. The van der Waals surface area contributed by atoms with Gasteiger partial charge in [0.1, 0.15) is 5.69 Å². The minimum absolute atomic E-state index is 0.144. The summed E-state index contributed by atoms with van der Waals surface area (Å²) in [5.74, 6) is 0.695. The highest BCUT2D eigenvalue weighted by atomic mass is 16.3. The van der Waals surface area contributed by atoms with Crippen LogP contribution >= 0.6 is 0 Å². The molecular formula is C21H21N3O3. The van der Waals surface area contributed by atoms with Crippen molar-refractivity contribution in [1.29, 1.82) is 0 Å². The van der Waals surface area contributed by atoms with Crippen molar-refractivity contribution in [3.63, 3.8) is 0 Å². The monoisotopic (exact) mass is 363 g/mol. The molecule has 0 unspecified atom stereocenters. The highest BCUT2D eigenvalue weighted by Crippen LogP contribution is 2.25. The molecule has 1 saturated heterocycles. The molecule has 2 aromatic heterocycles. The van der Waals surface area contributed by atoms with Gasteiger partial charge in [0, 0.05) is 31.4 Å². The molecular weight excluding hydrogens is 342 g/mol. The molecule has 1 N–H and O–H groups in total. The van der Waals surface area contributed by atoms with E-state index in [-0.39, 0.29) is 11.8 Å².